The SMILES string of the molecule is CC(C)(C)C(=O)c1ccc(NC(=O)NCC(C)(O)C(=O)O)cc1. The molecule has 23 heavy (non-hydrogen) atoms. The van der Waals surface area contributed by atoms with E-state index in [4.69, 9.17) is 5.11 Å². The first kappa shape index (κ1) is 18.6. The lowest BCUT2D eigenvalue weighted by Crippen LogP contribution is -2.47. The van der Waals surface area contributed by atoms with Gasteiger partial charge in [-0.25, -0.2) is 9.59 Å². The van der Waals surface area contributed by atoms with Crippen molar-refractivity contribution in [1.82, 2.24) is 5.32 Å². The number of anilines is 1. The molecule has 1 unspecified atom stereocenters. The van der Waals surface area contributed by atoms with Crippen LogP contribution in [0.4, 0.5) is 10.5 Å². The van der Waals surface area contributed by atoms with Crippen LogP contribution in [0.25, 0.3) is 0 Å². The lowest BCUT2D eigenvalue weighted by molar-refractivity contribution is -0.155. The van der Waals surface area contributed by atoms with Crippen molar-refractivity contribution in [2.45, 2.75) is 33.3 Å². The van der Waals surface area contributed by atoms with Gasteiger partial charge in [0.25, 0.3) is 0 Å². The molecule has 0 aliphatic rings. The second-order valence-corrected chi connectivity index (χ2v) is 6.54. The molecule has 1 atom stereocenters. The zero-order valence-electron chi connectivity index (χ0n) is 13.6. The highest BCUT2D eigenvalue weighted by Crippen LogP contribution is 2.21. The number of hydrogen-bond acceptors (Lipinski definition) is 4. The normalized spacial score (nSPS) is 13.8. The van der Waals surface area contributed by atoms with Gasteiger partial charge in [0.2, 0.25) is 0 Å². The van der Waals surface area contributed by atoms with Gasteiger partial charge in [-0.15, -0.1) is 0 Å². The Labute approximate surface area is 134 Å². The van der Waals surface area contributed by atoms with Crippen LogP contribution >= 0.6 is 0 Å². The number of urea groups is 1. The van der Waals surface area contributed by atoms with Gasteiger partial charge >= 0.3 is 12.0 Å². The van der Waals surface area contributed by atoms with Crippen molar-refractivity contribution >= 4 is 23.5 Å². The number of amides is 2. The zero-order valence-corrected chi connectivity index (χ0v) is 13.6. The number of carbonyl (C=O) groups excluding carboxylic acids is 2. The Kier molecular flexibility index (Phi) is 5.50. The summed E-state index contributed by atoms with van der Waals surface area (Å²) in [5.74, 6) is -1.44. The average molecular weight is 322 g/mol. The molecule has 126 valence electrons. The van der Waals surface area contributed by atoms with E-state index < -0.39 is 29.6 Å². The molecular formula is C16H22N2O5. The first-order chi connectivity index (χ1) is 10.4. The monoisotopic (exact) mass is 322 g/mol. The molecule has 1 rings (SSSR count). The van der Waals surface area contributed by atoms with Crippen molar-refractivity contribution in [2.75, 3.05) is 11.9 Å². The van der Waals surface area contributed by atoms with Crippen molar-refractivity contribution in [3.63, 3.8) is 0 Å². The molecule has 1 aromatic carbocycles. The summed E-state index contributed by atoms with van der Waals surface area (Å²) in [7, 11) is 0. The Morgan fingerprint density at radius 1 is 1.04 bits per heavy atom. The number of aliphatic carboxylic acids is 1. The highest BCUT2D eigenvalue weighted by atomic mass is 16.4. The van der Waals surface area contributed by atoms with Crippen LogP contribution < -0.4 is 10.6 Å². The van der Waals surface area contributed by atoms with Crippen molar-refractivity contribution in [2.24, 2.45) is 5.41 Å². The summed E-state index contributed by atoms with van der Waals surface area (Å²) in [4.78, 5) is 34.5. The maximum atomic E-state index is 12.1. The van der Waals surface area contributed by atoms with Gasteiger partial charge in [0.05, 0.1) is 6.54 Å². The maximum absolute atomic E-state index is 12.1. The summed E-state index contributed by atoms with van der Waals surface area (Å²) < 4.78 is 0. The largest absolute Gasteiger partial charge is 0.479 e. The fourth-order valence-corrected chi connectivity index (χ4v) is 1.64. The van der Waals surface area contributed by atoms with Gasteiger partial charge in [0.15, 0.2) is 11.4 Å². The van der Waals surface area contributed by atoms with E-state index in [-0.39, 0.29) is 5.78 Å². The van der Waals surface area contributed by atoms with E-state index in [0.717, 1.165) is 6.92 Å². The number of carbonyl (C=O) groups is 3. The number of rotatable bonds is 5. The molecule has 4 N–H and O–H groups in total. The lowest BCUT2D eigenvalue weighted by atomic mass is 9.86. The molecule has 0 heterocycles. The Morgan fingerprint density at radius 2 is 1.57 bits per heavy atom. The van der Waals surface area contributed by atoms with Crippen molar-refractivity contribution in [3.8, 4) is 0 Å². The Hall–Kier alpha value is -2.41. The van der Waals surface area contributed by atoms with Crippen LogP contribution in [0.3, 0.4) is 0 Å². The van der Waals surface area contributed by atoms with Gasteiger partial charge in [0.1, 0.15) is 0 Å². The van der Waals surface area contributed by atoms with Crippen LogP contribution in [-0.2, 0) is 4.79 Å². The molecule has 0 bridgehead atoms. The van der Waals surface area contributed by atoms with Gasteiger partial charge in [-0.05, 0) is 31.2 Å². The van der Waals surface area contributed by atoms with Gasteiger partial charge in [-0.2, -0.15) is 0 Å². The van der Waals surface area contributed by atoms with E-state index in [1.165, 1.54) is 0 Å². The fraction of sp³-hybridized carbons (Fsp3) is 0.438. The molecule has 0 saturated heterocycles. The van der Waals surface area contributed by atoms with Crippen molar-refractivity contribution in [3.05, 3.63) is 29.8 Å². The predicted octanol–water partition coefficient (Wildman–Crippen LogP) is 1.87. The van der Waals surface area contributed by atoms with E-state index in [1.807, 2.05) is 20.8 Å². The minimum Gasteiger partial charge on any atom is -0.479 e. The van der Waals surface area contributed by atoms with Crippen molar-refractivity contribution < 1.29 is 24.6 Å². The molecule has 1 aromatic rings. The van der Waals surface area contributed by atoms with Crippen LogP contribution in [-0.4, -0.2) is 40.1 Å². The number of Topliss-reactive ketones (excluding diaryl/α,β-unsaturated/α-hetero) is 1. The van der Waals surface area contributed by atoms with Gasteiger partial charge in [0, 0.05) is 16.7 Å². The second kappa shape index (κ2) is 6.78. The number of carboxylic acid groups (broad SMARTS) is 1. The van der Waals surface area contributed by atoms with E-state index in [1.54, 1.807) is 24.3 Å². The van der Waals surface area contributed by atoms with Gasteiger partial charge in [-0.1, -0.05) is 20.8 Å². The molecule has 0 aliphatic carbocycles. The highest BCUT2D eigenvalue weighted by Gasteiger charge is 2.30. The Morgan fingerprint density at radius 3 is 2.00 bits per heavy atom. The third kappa shape index (κ3) is 5.37. The van der Waals surface area contributed by atoms with Gasteiger partial charge in [-0.3, -0.25) is 4.79 Å². The molecule has 0 spiro atoms. The second-order valence-electron chi connectivity index (χ2n) is 6.54. The number of benzene rings is 1. The standard InChI is InChI=1S/C16H22N2O5/c1-15(2,3)12(19)10-5-7-11(8-6-10)18-14(22)17-9-16(4,23)13(20)21/h5-8,23H,9H2,1-4H3,(H,20,21)(H2,17,18,22). The topological polar surface area (TPSA) is 116 Å². The van der Waals surface area contributed by atoms with Crippen LogP contribution in [0.15, 0.2) is 24.3 Å². The third-order valence-corrected chi connectivity index (χ3v) is 3.14. The number of carboxylic acids is 1. The lowest BCUT2D eigenvalue weighted by Gasteiger charge is -2.19. The molecule has 0 fully saturated rings. The third-order valence-electron chi connectivity index (χ3n) is 3.14. The molecule has 7 nitrogen and oxygen atoms in total. The number of ketones is 1. The summed E-state index contributed by atoms with van der Waals surface area (Å²) >= 11 is 0. The first-order valence-corrected chi connectivity index (χ1v) is 7.09. The van der Waals surface area contributed by atoms with E-state index in [9.17, 15) is 19.5 Å². The smallest absolute Gasteiger partial charge is 0.337 e. The molecule has 0 aliphatic heterocycles. The Bertz CT molecular complexity index is 600. The molecule has 2 amide bonds. The predicted molar refractivity (Wildman–Crippen MR) is 85.5 cm³/mol. The summed E-state index contributed by atoms with van der Waals surface area (Å²) in [6.45, 7) is 6.12. The summed E-state index contributed by atoms with van der Waals surface area (Å²) in [5, 5.41) is 23.0. The number of hydrogen-bond donors (Lipinski definition) is 4. The van der Waals surface area contributed by atoms with E-state index in [2.05, 4.69) is 10.6 Å². The summed E-state index contributed by atoms with van der Waals surface area (Å²) in [6.07, 6.45) is 0. The molecule has 0 saturated carbocycles. The molecular weight excluding hydrogens is 300 g/mol. The molecule has 0 radical (unpaired) electrons. The van der Waals surface area contributed by atoms with Crippen LogP contribution in [0, 0.1) is 5.41 Å². The minimum atomic E-state index is -2.04. The summed E-state index contributed by atoms with van der Waals surface area (Å²) in [6, 6.07) is 5.72. The van der Waals surface area contributed by atoms with E-state index >= 15 is 0 Å². The van der Waals surface area contributed by atoms with Crippen molar-refractivity contribution in [1.29, 1.82) is 0 Å². The first-order valence-electron chi connectivity index (χ1n) is 7.09. The quantitative estimate of drug-likeness (QED) is 0.618. The van der Waals surface area contributed by atoms with E-state index in [0.29, 0.717) is 11.3 Å². The zero-order chi connectivity index (χ0) is 17.8. The average Bonchev–Trinajstić information content (AvgIpc) is 2.44. The maximum Gasteiger partial charge on any atom is 0.337 e. The Balaban J connectivity index is 2.64. The highest BCUT2D eigenvalue weighted by molar-refractivity contribution is 6.00. The molecule has 0 aromatic heterocycles. The minimum absolute atomic E-state index is 0.00833. The van der Waals surface area contributed by atoms with Crippen LogP contribution in [0.2, 0.25) is 0 Å². The number of aliphatic hydroxyl groups is 1. The molecule has 7 heteroatoms. The van der Waals surface area contributed by atoms with Crippen LogP contribution in [0.1, 0.15) is 38.1 Å². The van der Waals surface area contributed by atoms with Crippen LogP contribution in [0.5, 0.6) is 0 Å². The number of nitrogens with one attached hydrogen (secondary N) is 2. The van der Waals surface area contributed by atoms with Gasteiger partial charge < -0.3 is 20.8 Å². The summed E-state index contributed by atoms with van der Waals surface area (Å²) in [5.41, 5.74) is -1.55. The fourth-order valence-electron chi connectivity index (χ4n) is 1.64.